The number of anilines is 1. The minimum atomic E-state index is -0.637. The van der Waals surface area contributed by atoms with Gasteiger partial charge in [-0.05, 0) is 55.8 Å². The lowest BCUT2D eigenvalue weighted by molar-refractivity contribution is -0.116. The summed E-state index contributed by atoms with van der Waals surface area (Å²) in [6.07, 6.45) is 0. The largest absolute Gasteiger partial charge is 0.337 e. The maximum absolute atomic E-state index is 13.4. The first kappa shape index (κ1) is 20.6. The maximum Gasteiger partial charge on any atom is 0.337 e. The Morgan fingerprint density at radius 2 is 1.77 bits per heavy atom. The average molecular weight is 435 g/mol. The molecule has 0 aliphatic rings. The number of amides is 1. The molecule has 1 amide bonds. The topological polar surface area (TPSA) is 86.0 Å². The molecule has 0 aliphatic carbocycles. The number of nitrogens with one attached hydrogen (secondary N) is 1. The summed E-state index contributed by atoms with van der Waals surface area (Å²) >= 11 is 5.96. The van der Waals surface area contributed by atoms with Crippen molar-refractivity contribution in [1.29, 1.82) is 0 Å². The van der Waals surface area contributed by atoms with Gasteiger partial charge < -0.3 is 5.32 Å². The highest BCUT2D eigenvalue weighted by molar-refractivity contribution is 6.30. The van der Waals surface area contributed by atoms with E-state index < -0.39 is 23.7 Å². The van der Waals surface area contributed by atoms with E-state index in [4.69, 9.17) is 11.6 Å². The first-order valence-corrected chi connectivity index (χ1v) is 9.97. The molecule has 4 rings (SSSR count). The van der Waals surface area contributed by atoms with Crippen LogP contribution in [0.5, 0.6) is 0 Å². The van der Waals surface area contributed by atoms with Crippen molar-refractivity contribution in [2.75, 3.05) is 5.32 Å². The van der Waals surface area contributed by atoms with Gasteiger partial charge in [0, 0.05) is 16.4 Å². The number of aryl methyl sites for hydroxylation is 2. The van der Waals surface area contributed by atoms with Gasteiger partial charge >= 0.3 is 5.69 Å². The molecule has 0 atom stereocenters. The van der Waals surface area contributed by atoms with Gasteiger partial charge in [-0.25, -0.2) is 18.9 Å². The van der Waals surface area contributed by atoms with Crippen molar-refractivity contribution in [2.24, 2.45) is 0 Å². The number of benzene rings is 2. The van der Waals surface area contributed by atoms with Crippen LogP contribution in [0.4, 0.5) is 5.69 Å². The van der Waals surface area contributed by atoms with Gasteiger partial charge in [-0.3, -0.25) is 9.59 Å². The zero-order valence-corrected chi connectivity index (χ0v) is 17.7. The minimum absolute atomic E-state index is 0.269. The number of hydrogen-bond donors (Lipinski definition) is 1. The van der Waals surface area contributed by atoms with Gasteiger partial charge in [0.15, 0.2) is 5.65 Å². The van der Waals surface area contributed by atoms with Crippen molar-refractivity contribution in [3.8, 4) is 5.69 Å². The molecule has 2 aromatic heterocycles. The normalized spacial score (nSPS) is 10.9. The lowest BCUT2D eigenvalue weighted by Gasteiger charge is -2.15. The summed E-state index contributed by atoms with van der Waals surface area (Å²) in [7, 11) is 0. The van der Waals surface area contributed by atoms with E-state index in [0.717, 1.165) is 4.57 Å². The summed E-state index contributed by atoms with van der Waals surface area (Å²) in [6.45, 7) is 3.14. The molecule has 8 heteroatoms. The van der Waals surface area contributed by atoms with Crippen LogP contribution >= 0.6 is 11.6 Å². The van der Waals surface area contributed by atoms with Gasteiger partial charge in [-0.2, -0.15) is 0 Å². The molecule has 0 fully saturated rings. The first-order chi connectivity index (χ1) is 14.8. The number of hydrogen-bond acceptors (Lipinski definition) is 4. The van der Waals surface area contributed by atoms with Crippen molar-refractivity contribution < 1.29 is 4.79 Å². The molecule has 0 saturated carbocycles. The highest BCUT2D eigenvalue weighted by Crippen LogP contribution is 2.17. The Labute approximate surface area is 182 Å². The van der Waals surface area contributed by atoms with E-state index in [1.807, 2.05) is 6.07 Å². The van der Waals surface area contributed by atoms with Gasteiger partial charge in [0.05, 0.1) is 11.1 Å². The zero-order valence-electron chi connectivity index (χ0n) is 16.9. The van der Waals surface area contributed by atoms with E-state index in [0.29, 0.717) is 33.0 Å². The number of rotatable bonds is 4. The van der Waals surface area contributed by atoms with Crippen LogP contribution in [0, 0.1) is 13.8 Å². The Hall–Kier alpha value is -3.71. The second-order valence-corrected chi connectivity index (χ2v) is 7.62. The molecule has 2 aromatic carbocycles. The van der Waals surface area contributed by atoms with Crippen LogP contribution in [0.1, 0.15) is 11.3 Å². The van der Waals surface area contributed by atoms with Gasteiger partial charge in [-0.1, -0.05) is 35.9 Å². The monoisotopic (exact) mass is 434 g/mol. The van der Waals surface area contributed by atoms with Crippen molar-refractivity contribution in [2.45, 2.75) is 20.4 Å². The van der Waals surface area contributed by atoms with Crippen LogP contribution in [0.2, 0.25) is 5.02 Å². The number of pyridine rings is 1. The molecule has 0 radical (unpaired) electrons. The van der Waals surface area contributed by atoms with Crippen LogP contribution < -0.4 is 16.6 Å². The van der Waals surface area contributed by atoms with Crippen molar-refractivity contribution in [1.82, 2.24) is 14.1 Å². The maximum atomic E-state index is 13.4. The van der Waals surface area contributed by atoms with E-state index >= 15 is 0 Å². The van der Waals surface area contributed by atoms with Gasteiger partial charge in [0.2, 0.25) is 5.91 Å². The third-order valence-electron chi connectivity index (χ3n) is 4.84. The molecule has 0 aliphatic heterocycles. The average Bonchev–Trinajstić information content (AvgIpc) is 2.71. The Bertz CT molecular complexity index is 1420. The molecule has 0 unspecified atom stereocenters. The molecule has 1 N–H and O–H groups in total. The Balaban J connectivity index is 1.89. The smallest absolute Gasteiger partial charge is 0.324 e. The fraction of sp³-hybridized carbons (Fsp3) is 0.130. The van der Waals surface area contributed by atoms with Crippen molar-refractivity contribution >= 4 is 34.2 Å². The fourth-order valence-electron chi connectivity index (χ4n) is 3.54. The number of carbonyl (C=O) groups excluding carboxylic acids is 1. The number of para-hydroxylation sites is 1. The standard InChI is InChI=1S/C23H19ClN4O3/c1-14-11-15(2)25-21-20(14)22(30)27(23(31)28(21)18-9-4-3-5-10-18)13-19(29)26-17-8-6-7-16(24)12-17/h3-12H,13H2,1-2H3,(H,26,29). The molecule has 0 saturated heterocycles. The first-order valence-electron chi connectivity index (χ1n) is 9.60. The number of aromatic nitrogens is 3. The summed E-state index contributed by atoms with van der Waals surface area (Å²) in [5.74, 6) is -0.516. The molecule has 0 spiro atoms. The molecule has 31 heavy (non-hydrogen) atoms. The number of halogens is 1. The third-order valence-corrected chi connectivity index (χ3v) is 5.08. The van der Waals surface area contributed by atoms with Crippen molar-refractivity contribution in [3.05, 3.63) is 97.8 Å². The molecule has 7 nitrogen and oxygen atoms in total. The van der Waals surface area contributed by atoms with Crippen LogP contribution in [0.15, 0.2) is 70.3 Å². The molecule has 156 valence electrons. The van der Waals surface area contributed by atoms with Crippen LogP contribution in [0.3, 0.4) is 0 Å². The van der Waals surface area contributed by atoms with Gasteiger partial charge in [-0.15, -0.1) is 0 Å². The second-order valence-electron chi connectivity index (χ2n) is 7.18. The second kappa shape index (κ2) is 8.20. The number of fused-ring (bicyclic) bond motifs is 1. The highest BCUT2D eigenvalue weighted by atomic mass is 35.5. The Kier molecular flexibility index (Phi) is 5.44. The number of nitrogens with zero attached hydrogens (tertiary/aromatic N) is 3. The summed E-state index contributed by atoms with van der Waals surface area (Å²) in [6, 6.07) is 17.3. The van der Waals surface area contributed by atoms with Gasteiger partial charge in [0.1, 0.15) is 6.54 Å². The Morgan fingerprint density at radius 1 is 1.03 bits per heavy atom. The molecule has 2 heterocycles. The summed E-state index contributed by atoms with van der Waals surface area (Å²) < 4.78 is 2.29. The van der Waals surface area contributed by atoms with E-state index in [1.165, 1.54) is 4.57 Å². The zero-order chi connectivity index (χ0) is 22.1. The Morgan fingerprint density at radius 3 is 2.48 bits per heavy atom. The summed E-state index contributed by atoms with van der Waals surface area (Å²) in [5.41, 5.74) is 1.47. The summed E-state index contributed by atoms with van der Waals surface area (Å²) in [4.78, 5) is 43.7. The van der Waals surface area contributed by atoms with E-state index in [2.05, 4.69) is 10.3 Å². The molecule has 4 aromatic rings. The van der Waals surface area contributed by atoms with E-state index in [1.54, 1.807) is 68.4 Å². The predicted molar refractivity (Wildman–Crippen MR) is 121 cm³/mol. The molecular weight excluding hydrogens is 416 g/mol. The van der Waals surface area contributed by atoms with Crippen molar-refractivity contribution in [3.63, 3.8) is 0 Å². The van der Waals surface area contributed by atoms with Crippen LogP contribution in [-0.4, -0.2) is 20.0 Å². The fourth-order valence-corrected chi connectivity index (χ4v) is 3.73. The van der Waals surface area contributed by atoms with E-state index in [9.17, 15) is 14.4 Å². The predicted octanol–water partition coefficient (Wildman–Crippen LogP) is 3.46. The van der Waals surface area contributed by atoms with E-state index in [-0.39, 0.29) is 5.65 Å². The lowest BCUT2D eigenvalue weighted by atomic mass is 10.1. The quantitative estimate of drug-likeness (QED) is 0.533. The molecule has 0 bridgehead atoms. The SMILES string of the molecule is Cc1cc(C)c2c(=O)n(CC(=O)Nc3cccc(Cl)c3)c(=O)n(-c3ccccc3)c2n1. The lowest BCUT2D eigenvalue weighted by Crippen LogP contribution is -2.42. The highest BCUT2D eigenvalue weighted by Gasteiger charge is 2.19. The summed E-state index contributed by atoms with van der Waals surface area (Å²) in [5, 5.41) is 3.43. The van der Waals surface area contributed by atoms with Crippen LogP contribution in [-0.2, 0) is 11.3 Å². The minimum Gasteiger partial charge on any atom is -0.324 e. The molecular formula is C23H19ClN4O3. The van der Waals surface area contributed by atoms with Gasteiger partial charge in [0.25, 0.3) is 5.56 Å². The number of carbonyl (C=O) groups is 1. The van der Waals surface area contributed by atoms with Crippen LogP contribution in [0.25, 0.3) is 16.7 Å². The third kappa shape index (κ3) is 4.00.